The molecule has 0 saturated heterocycles. The summed E-state index contributed by atoms with van der Waals surface area (Å²) in [5, 5.41) is 20.6. The summed E-state index contributed by atoms with van der Waals surface area (Å²) in [7, 11) is 0. The Kier molecular flexibility index (Phi) is 2.95. The van der Waals surface area contributed by atoms with E-state index in [4.69, 9.17) is 0 Å². The van der Waals surface area contributed by atoms with E-state index in [1.807, 2.05) is 6.92 Å². The van der Waals surface area contributed by atoms with Gasteiger partial charge < -0.3 is 10.2 Å². The van der Waals surface area contributed by atoms with Gasteiger partial charge in [0, 0.05) is 5.41 Å². The van der Waals surface area contributed by atoms with Crippen molar-refractivity contribution >= 4 is 0 Å². The molecule has 0 amide bonds. The minimum absolute atomic E-state index is 0.154. The van der Waals surface area contributed by atoms with E-state index >= 15 is 0 Å². The van der Waals surface area contributed by atoms with Crippen LogP contribution in [0, 0.1) is 16.7 Å². The molecule has 0 bridgehead atoms. The van der Waals surface area contributed by atoms with E-state index in [2.05, 4.69) is 26.8 Å². The summed E-state index contributed by atoms with van der Waals surface area (Å²) in [6, 6.07) is 0. The average molecular weight is 238 g/mol. The van der Waals surface area contributed by atoms with Crippen LogP contribution in [0.3, 0.4) is 0 Å². The van der Waals surface area contributed by atoms with Crippen LogP contribution in [0.5, 0.6) is 0 Å². The number of aliphatic hydroxyl groups excluding tert-OH is 1. The highest BCUT2D eigenvalue weighted by atomic mass is 16.3. The van der Waals surface area contributed by atoms with E-state index in [9.17, 15) is 10.2 Å². The zero-order chi connectivity index (χ0) is 12.9. The molecule has 98 valence electrons. The van der Waals surface area contributed by atoms with Crippen molar-refractivity contribution in [1.82, 2.24) is 0 Å². The lowest BCUT2D eigenvalue weighted by Gasteiger charge is -2.59. The molecule has 0 spiro atoms. The van der Waals surface area contributed by atoms with Crippen molar-refractivity contribution in [2.24, 2.45) is 16.7 Å². The van der Waals surface area contributed by atoms with Crippen LogP contribution in [0.15, 0.2) is 11.6 Å². The average Bonchev–Trinajstić information content (AvgIpc) is 2.24. The van der Waals surface area contributed by atoms with E-state index in [0.717, 1.165) is 24.8 Å². The molecule has 2 aliphatic carbocycles. The molecule has 0 aromatic heterocycles. The molecule has 2 rings (SSSR count). The smallest absolute Gasteiger partial charge is 0.114 e. The predicted molar refractivity (Wildman–Crippen MR) is 69.6 cm³/mol. The van der Waals surface area contributed by atoms with Gasteiger partial charge in [0.05, 0.1) is 6.61 Å². The molecule has 0 aliphatic heterocycles. The van der Waals surface area contributed by atoms with E-state index in [1.54, 1.807) is 0 Å². The third-order valence-electron chi connectivity index (χ3n) is 5.72. The molecule has 2 nitrogen and oxygen atoms in total. The molecule has 0 heterocycles. The molecule has 2 aliphatic rings. The minimum Gasteiger partial charge on any atom is -0.393 e. The van der Waals surface area contributed by atoms with Crippen LogP contribution < -0.4 is 0 Å². The van der Waals surface area contributed by atoms with E-state index < -0.39 is 5.60 Å². The Morgan fingerprint density at radius 3 is 2.53 bits per heavy atom. The highest BCUT2D eigenvalue weighted by Crippen LogP contribution is 2.60. The largest absolute Gasteiger partial charge is 0.393 e. The summed E-state index contributed by atoms with van der Waals surface area (Å²) in [5.74, 6) is 0.463. The third-order valence-corrected chi connectivity index (χ3v) is 5.72. The van der Waals surface area contributed by atoms with Gasteiger partial charge in [-0.05, 0) is 43.1 Å². The lowest BCUT2D eigenvalue weighted by molar-refractivity contribution is -0.160. The van der Waals surface area contributed by atoms with Crippen LogP contribution in [0.2, 0.25) is 0 Å². The van der Waals surface area contributed by atoms with Crippen molar-refractivity contribution in [1.29, 1.82) is 0 Å². The second kappa shape index (κ2) is 3.83. The Hall–Kier alpha value is -0.340. The van der Waals surface area contributed by atoms with Crippen molar-refractivity contribution in [2.75, 3.05) is 6.61 Å². The highest BCUT2D eigenvalue weighted by Gasteiger charge is 2.58. The molecule has 1 saturated carbocycles. The van der Waals surface area contributed by atoms with Gasteiger partial charge >= 0.3 is 0 Å². The van der Waals surface area contributed by atoms with Crippen LogP contribution in [0.25, 0.3) is 0 Å². The first-order valence-corrected chi connectivity index (χ1v) is 6.78. The fraction of sp³-hybridized carbons (Fsp3) is 0.867. The van der Waals surface area contributed by atoms with Crippen LogP contribution in [0.1, 0.15) is 53.4 Å². The standard InChI is InChI=1S/C15H26O2/c1-11-6-7-12-13(2,3)8-5-9-14(12,4)15(11,17)10-16/h6,12,16-17H,5,7-10H2,1-4H3/t12-,14-,15+/m0/s1. The summed E-state index contributed by atoms with van der Waals surface area (Å²) in [4.78, 5) is 0. The Morgan fingerprint density at radius 2 is 1.94 bits per heavy atom. The first-order chi connectivity index (χ1) is 7.78. The van der Waals surface area contributed by atoms with Crippen molar-refractivity contribution in [3.05, 3.63) is 11.6 Å². The van der Waals surface area contributed by atoms with Gasteiger partial charge in [0.15, 0.2) is 0 Å². The van der Waals surface area contributed by atoms with Crippen molar-refractivity contribution in [3.8, 4) is 0 Å². The SMILES string of the molecule is CC1=CC[C@H]2C(C)(C)CCC[C@]2(C)[C@@]1(O)CO. The lowest BCUT2D eigenvalue weighted by Crippen LogP contribution is -2.60. The number of fused-ring (bicyclic) bond motifs is 1. The third kappa shape index (κ3) is 1.61. The van der Waals surface area contributed by atoms with Crippen molar-refractivity contribution in [3.63, 3.8) is 0 Å². The van der Waals surface area contributed by atoms with Crippen LogP contribution in [0.4, 0.5) is 0 Å². The Morgan fingerprint density at radius 1 is 1.29 bits per heavy atom. The van der Waals surface area contributed by atoms with Crippen molar-refractivity contribution in [2.45, 2.75) is 59.0 Å². The van der Waals surface area contributed by atoms with Gasteiger partial charge in [-0.2, -0.15) is 0 Å². The van der Waals surface area contributed by atoms with Gasteiger partial charge in [-0.3, -0.25) is 0 Å². The monoisotopic (exact) mass is 238 g/mol. The summed E-state index contributed by atoms with van der Waals surface area (Å²) in [5.41, 5.74) is 0.0139. The molecule has 3 atom stereocenters. The van der Waals surface area contributed by atoms with E-state index in [-0.39, 0.29) is 17.4 Å². The molecular weight excluding hydrogens is 212 g/mol. The van der Waals surface area contributed by atoms with Gasteiger partial charge in [0.1, 0.15) is 5.60 Å². The molecule has 0 aromatic rings. The van der Waals surface area contributed by atoms with Crippen LogP contribution in [-0.4, -0.2) is 22.4 Å². The number of hydrogen-bond donors (Lipinski definition) is 2. The normalized spacial score (nSPS) is 45.1. The molecule has 1 fully saturated rings. The zero-order valence-electron chi connectivity index (χ0n) is 11.6. The first kappa shape index (κ1) is 13.1. The second-order valence-corrected chi connectivity index (χ2v) is 6.95. The molecule has 17 heavy (non-hydrogen) atoms. The molecule has 0 unspecified atom stereocenters. The summed E-state index contributed by atoms with van der Waals surface area (Å²) in [6.07, 6.45) is 6.56. The molecule has 2 heteroatoms. The van der Waals surface area contributed by atoms with Gasteiger partial charge in [0.25, 0.3) is 0 Å². The van der Waals surface area contributed by atoms with Gasteiger partial charge in [-0.1, -0.05) is 33.3 Å². The maximum atomic E-state index is 10.9. The second-order valence-electron chi connectivity index (χ2n) is 6.95. The fourth-order valence-electron chi connectivity index (χ4n) is 4.42. The fourth-order valence-corrected chi connectivity index (χ4v) is 4.42. The van der Waals surface area contributed by atoms with Crippen molar-refractivity contribution < 1.29 is 10.2 Å². The molecule has 0 aromatic carbocycles. The zero-order valence-corrected chi connectivity index (χ0v) is 11.6. The van der Waals surface area contributed by atoms with E-state index in [1.165, 1.54) is 6.42 Å². The summed E-state index contributed by atoms with van der Waals surface area (Å²) < 4.78 is 0. The Labute approximate surface area is 105 Å². The Balaban J connectivity index is 2.50. The predicted octanol–water partition coefficient (Wildman–Crippen LogP) is 2.89. The summed E-state index contributed by atoms with van der Waals surface area (Å²) >= 11 is 0. The van der Waals surface area contributed by atoms with Crippen LogP contribution in [-0.2, 0) is 0 Å². The van der Waals surface area contributed by atoms with Gasteiger partial charge in [-0.25, -0.2) is 0 Å². The maximum Gasteiger partial charge on any atom is 0.114 e. The molecule has 2 N–H and O–H groups in total. The Bertz CT molecular complexity index is 345. The minimum atomic E-state index is -1.02. The van der Waals surface area contributed by atoms with Gasteiger partial charge in [0.2, 0.25) is 0 Å². The molecule has 0 radical (unpaired) electrons. The highest BCUT2D eigenvalue weighted by molar-refractivity contribution is 5.27. The number of aliphatic hydroxyl groups is 2. The van der Waals surface area contributed by atoms with Crippen LogP contribution >= 0.6 is 0 Å². The first-order valence-electron chi connectivity index (χ1n) is 6.78. The van der Waals surface area contributed by atoms with E-state index in [0.29, 0.717) is 5.92 Å². The maximum absolute atomic E-state index is 10.9. The van der Waals surface area contributed by atoms with Gasteiger partial charge in [-0.15, -0.1) is 0 Å². The number of rotatable bonds is 1. The summed E-state index contributed by atoms with van der Waals surface area (Å²) in [6.45, 7) is 8.59. The number of allylic oxidation sites excluding steroid dienone is 1. The topological polar surface area (TPSA) is 40.5 Å². The lowest BCUT2D eigenvalue weighted by atomic mass is 9.47. The molecular formula is C15H26O2. The quantitative estimate of drug-likeness (QED) is 0.690. The number of hydrogen-bond acceptors (Lipinski definition) is 2.